The molecule has 96 valence electrons. The molecule has 18 heavy (non-hydrogen) atoms. The molecule has 0 spiro atoms. The third-order valence-corrected chi connectivity index (χ3v) is 3.90. The molecule has 1 aromatic heterocycles. The van der Waals surface area contributed by atoms with Gasteiger partial charge in [-0.3, -0.25) is 0 Å². The lowest BCUT2D eigenvalue weighted by Crippen LogP contribution is -2.06. The van der Waals surface area contributed by atoms with Gasteiger partial charge in [-0.1, -0.05) is 28.1 Å². The summed E-state index contributed by atoms with van der Waals surface area (Å²) in [7, 11) is 1.59. The molecule has 0 aliphatic heterocycles. The summed E-state index contributed by atoms with van der Waals surface area (Å²) in [5.41, 5.74) is 6.90. The first-order valence-corrected chi connectivity index (χ1v) is 6.99. The second-order valence-electron chi connectivity index (χ2n) is 3.85. The number of hydrogen-bond donors (Lipinski definition) is 2. The highest BCUT2D eigenvalue weighted by atomic mass is 79.9. The van der Waals surface area contributed by atoms with Crippen LogP contribution in [0.15, 0.2) is 28.7 Å². The second kappa shape index (κ2) is 5.58. The normalized spacial score (nSPS) is 12.2. The molecule has 2 rings (SSSR count). The molecule has 0 radical (unpaired) electrons. The number of anilines is 2. The van der Waals surface area contributed by atoms with Crippen molar-refractivity contribution in [1.29, 1.82) is 0 Å². The number of aromatic nitrogens is 1. The Hall–Kier alpha value is -1.27. The van der Waals surface area contributed by atoms with Gasteiger partial charge in [0.15, 0.2) is 16.6 Å². The zero-order valence-electron chi connectivity index (χ0n) is 10.1. The van der Waals surface area contributed by atoms with E-state index in [1.165, 1.54) is 17.1 Å². The number of halogens is 1. The summed E-state index contributed by atoms with van der Waals surface area (Å²) in [6.45, 7) is 2.08. The molecule has 3 N–H and O–H groups in total. The maximum Gasteiger partial charge on any atom is 0.197 e. The number of ether oxygens (including phenoxy) is 1. The van der Waals surface area contributed by atoms with Crippen LogP contribution in [-0.2, 0) is 0 Å². The predicted molar refractivity (Wildman–Crippen MR) is 79.3 cm³/mol. The second-order valence-corrected chi connectivity index (χ2v) is 5.54. The van der Waals surface area contributed by atoms with Crippen LogP contribution in [0.25, 0.3) is 0 Å². The van der Waals surface area contributed by atoms with Crippen molar-refractivity contribution in [3.05, 3.63) is 34.3 Å². The molecule has 0 fully saturated rings. The van der Waals surface area contributed by atoms with Crippen molar-refractivity contribution in [2.24, 2.45) is 0 Å². The quantitative estimate of drug-likeness (QED) is 0.899. The molecule has 0 amide bonds. The summed E-state index contributed by atoms with van der Waals surface area (Å²) in [5.74, 6) is 1.04. The van der Waals surface area contributed by atoms with Crippen LogP contribution in [0.2, 0.25) is 0 Å². The van der Waals surface area contributed by atoms with Gasteiger partial charge >= 0.3 is 0 Å². The summed E-state index contributed by atoms with van der Waals surface area (Å²) >= 11 is 4.73. The lowest BCUT2D eigenvalue weighted by atomic mass is 10.1. The first kappa shape index (κ1) is 13.2. The molecular formula is C12H14BrN3OS. The molecular weight excluding hydrogens is 314 g/mol. The topological polar surface area (TPSA) is 60.2 Å². The van der Waals surface area contributed by atoms with Crippen LogP contribution in [-0.4, -0.2) is 11.5 Å². The van der Waals surface area contributed by atoms with Gasteiger partial charge in [-0.05, 0) is 36.2 Å². The van der Waals surface area contributed by atoms with Crippen molar-refractivity contribution in [3.63, 3.8) is 0 Å². The van der Waals surface area contributed by atoms with Gasteiger partial charge in [0, 0.05) is 10.5 Å². The molecule has 2 aromatic rings. The Morgan fingerprint density at radius 3 is 2.67 bits per heavy atom. The van der Waals surface area contributed by atoms with Crippen molar-refractivity contribution in [2.45, 2.75) is 13.0 Å². The van der Waals surface area contributed by atoms with Crippen molar-refractivity contribution < 1.29 is 4.74 Å². The highest BCUT2D eigenvalue weighted by molar-refractivity contribution is 9.10. The predicted octanol–water partition coefficient (Wildman–Crippen LogP) is 3.67. The van der Waals surface area contributed by atoms with Crippen molar-refractivity contribution in [1.82, 2.24) is 4.37 Å². The Labute approximate surface area is 118 Å². The monoisotopic (exact) mass is 327 g/mol. The molecule has 0 saturated heterocycles. The van der Waals surface area contributed by atoms with E-state index in [9.17, 15) is 0 Å². The first-order valence-electron chi connectivity index (χ1n) is 5.43. The molecule has 1 heterocycles. The number of rotatable bonds is 4. The van der Waals surface area contributed by atoms with Gasteiger partial charge in [0.1, 0.15) is 0 Å². The molecule has 0 bridgehead atoms. The fraction of sp³-hybridized carbons (Fsp3) is 0.250. The minimum atomic E-state index is 0.159. The molecule has 6 heteroatoms. The van der Waals surface area contributed by atoms with Gasteiger partial charge in [0.25, 0.3) is 0 Å². The Morgan fingerprint density at radius 1 is 1.39 bits per heavy atom. The molecule has 1 unspecified atom stereocenters. The third-order valence-electron chi connectivity index (χ3n) is 2.60. The van der Waals surface area contributed by atoms with Crippen LogP contribution in [0.1, 0.15) is 18.5 Å². The average molecular weight is 328 g/mol. The fourth-order valence-electron chi connectivity index (χ4n) is 1.61. The average Bonchev–Trinajstić information content (AvgIpc) is 2.70. The van der Waals surface area contributed by atoms with E-state index in [1.54, 1.807) is 7.11 Å². The Morgan fingerprint density at radius 2 is 2.06 bits per heavy atom. The van der Waals surface area contributed by atoms with Gasteiger partial charge < -0.3 is 15.8 Å². The molecule has 1 aromatic carbocycles. The summed E-state index contributed by atoms with van der Waals surface area (Å²) in [6.07, 6.45) is 0. The van der Waals surface area contributed by atoms with E-state index in [4.69, 9.17) is 10.5 Å². The van der Waals surface area contributed by atoms with Crippen LogP contribution >= 0.6 is 27.5 Å². The van der Waals surface area contributed by atoms with E-state index in [1.807, 2.05) is 12.1 Å². The highest BCUT2D eigenvalue weighted by Gasteiger charge is 2.14. The summed E-state index contributed by atoms with van der Waals surface area (Å²) < 4.78 is 10.4. The number of nitrogens with zero attached hydrogens (tertiary/aromatic N) is 1. The zero-order valence-corrected chi connectivity index (χ0v) is 12.5. The molecule has 1 atom stereocenters. The number of methoxy groups -OCH3 is 1. The van der Waals surface area contributed by atoms with E-state index < -0.39 is 0 Å². The van der Waals surface area contributed by atoms with E-state index in [0.29, 0.717) is 11.6 Å². The third kappa shape index (κ3) is 2.76. The Balaban J connectivity index is 2.15. The van der Waals surface area contributed by atoms with Crippen LogP contribution < -0.4 is 15.8 Å². The largest absolute Gasteiger partial charge is 0.490 e. The minimum Gasteiger partial charge on any atom is -0.490 e. The zero-order chi connectivity index (χ0) is 13.1. The summed E-state index contributed by atoms with van der Waals surface area (Å²) in [4.78, 5) is 0. The van der Waals surface area contributed by atoms with Gasteiger partial charge in [0.2, 0.25) is 0 Å². The number of nitrogens with one attached hydrogen (secondary N) is 1. The van der Waals surface area contributed by atoms with Crippen molar-refractivity contribution in [2.75, 3.05) is 18.2 Å². The van der Waals surface area contributed by atoms with E-state index >= 15 is 0 Å². The maximum atomic E-state index is 5.71. The fourth-order valence-corrected chi connectivity index (χ4v) is 2.65. The van der Waals surface area contributed by atoms with Crippen molar-refractivity contribution in [3.8, 4) is 5.75 Å². The number of benzene rings is 1. The van der Waals surface area contributed by atoms with Gasteiger partial charge in [-0.15, -0.1) is 0 Å². The van der Waals surface area contributed by atoms with E-state index in [-0.39, 0.29) is 6.04 Å². The highest BCUT2D eigenvalue weighted by Crippen LogP contribution is 2.36. The Kier molecular flexibility index (Phi) is 4.08. The number of nitrogens with two attached hydrogens (primary N) is 1. The van der Waals surface area contributed by atoms with Crippen LogP contribution in [0, 0.1) is 0 Å². The van der Waals surface area contributed by atoms with E-state index in [0.717, 1.165) is 9.47 Å². The standard InChI is InChI=1S/C12H14BrN3OS/c1-7(8-3-5-9(13)6-4-8)15-12-10(17-2)11(14)16-18-12/h3-7,15H,1-2H3,(H2,14,16). The molecule has 0 aliphatic carbocycles. The maximum absolute atomic E-state index is 5.71. The molecule has 4 nitrogen and oxygen atoms in total. The van der Waals surface area contributed by atoms with Gasteiger partial charge in [-0.2, -0.15) is 4.37 Å². The van der Waals surface area contributed by atoms with E-state index in [2.05, 4.69) is 44.7 Å². The van der Waals surface area contributed by atoms with Gasteiger partial charge in [0.05, 0.1) is 7.11 Å². The Bertz CT molecular complexity index is 527. The molecule has 0 aliphatic rings. The lowest BCUT2D eigenvalue weighted by molar-refractivity contribution is 0.419. The van der Waals surface area contributed by atoms with Crippen LogP contribution in [0.3, 0.4) is 0 Å². The van der Waals surface area contributed by atoms with Gasteiger partial charge in [-0.25, -0.2) is 0 Å². The smallest absolute Gasteiger partial charge is 0.197 e. The first-order chi connectivity index (χ1) is 8.61. The number of nitrogen functional groups attached to an aromatic ring is 1. The van der Waals surface area contributed by atoms with Crippen molar-refractivity contribution >= 4 is 38.3 Å². The summed E-state index contributed by atoms with van der Waals surface area (Å²) in [5, 5.41) is 4.21. The number of hydrogen-bond acceptors (Lipinski definition) is 5. The molecule has 0 saturated carbocycles. The van der Waals surface area contributed by atoms with Crippen LogP contribution in [0.5, 0.6) is 5.75 Å². The minimum absolute atomic E-state index is 0.159. The summed E-state index contributed by atoms with van der Waals surface area (Å²) in [6, 6.07) is 8.33. The SMILES string of the molecule is COc1c(N)nsc1NC(C)c1ccc(Br)cc1. The van der Waals surface area contributed by atoms with Crippen LogP contribution in [0.4, 0.5) is 10.8 Å². The lowest BCUT2D eigenvalue weighted by Gasteiger charge is -2.15.